The van der Waals surface area contributed by atoms with Gasteiger partial charge in [0.15, 0.2) is 11.5 Å². The number of benzene rings is 2. The molecule has 0 spiro atoms. The van der Waals surface area contributed by atoms with Gasteiger partial charge in [-0.15, -0.1) is 0 Å². The third-order valence-electron chi connectivity index (χ3n) is 5.24. The summed E-state index contributed by atoms with van der Waals surface area (Å²) in [5.74, 6) is -2.85. The van der Waals surface area contributed by atoms with E-state index in [-0.39, 0.29) is 17.0 Å². The quantitative estimate of drug-likeness (QED) is 0.422. The van der Waals surface area contributed by atoms with E-state index in [4.69, 9.17) is 16.0 Å². The maximum absolute atomic E-state index is 13.9. The first-order valence-corrected chi connectivity index (χ1v) is 9.98. The SMILES string of the molecule is O=C(C1=C(O)C(=O)N(c2cccc(F)c2)C1c1cccnc1)c1cc2cc(Cl)ccc2o1. The van der Waals surface area contributed by atoms with E-state index in [2.05, 4.69) is 4.98 Å². The lowest BCUT2D eigenvalue weighted by Gasteiger charge is -2.26. The number of nitrogens with zero attached hydrogens (tertiary/aromatic N) is 2. The van der Waals surface area contributed by atoms with Gasteiger partial charge in [-0.1, -0.05) is 23.7 Å². The van der Waals surface area contributed by atoms with E-state index in [1.807, 2.05) is 0 Å². The van der Waals surface area contributed by atoms with Crippen molar-refractivity contribution in [1.29, 1.82) is 0 Å². The Morgan fingerprint density at radius 2 is 1.97 bits per heavy atom. The number of hydrogen-bond donors (Lipinski definition) is 1. The number of Topliss-reactive ketones (excluding diaryl/α,β-unsaturated/α-hetero) is 1. The summed E-state index contributed by atoms with van der Waals surface area (Å²) in [6.45, 7) is 0. The largest absolute Gasteiger partial charge is 0.503 e. The average Bonchev–Trinajstić information content (AvgIpc) is 3.32. The summed E-state index contributed by atoms with van der Waals surface area (Å²) in [7, 11) is 0. The Labute approximate surface area is 186 Å². The van der Waals surface area contributed by atoms with Crippen molar-refractivity contribution in [1.82, 2.24) is 4.98 Å². The lowest BCUT2D eigenvalue weighted by atomic mass is 9.96. The van der Waals surface area contributed by atoms with E-state index in [9.17, 15) is 19.1 Å². The minimum Gasteiger partial charge on any atom is -0.503 e. The number of hydrogen-bond acceptors (Lipinski definition) is 5. The second kappa shape index (κ2) is 7.62. The zero-order chi connectivity index (χ0) is 22.4. The minimum atomic E-state index is -1.03. The number of fused-ring (bicyclic) bond motifs is 1. The first kappa shape index (κ1) is 20.0. The zero-order valence-corrected chi connectivity index (χ0v) is 17.1. The van der Waals surface area contributed by atoms with E-state index in [1.54, 1.807) is 36.5 Å². The Morgan fingerprint density at radius 3 is 2.72 bits per heavy atom. The Kier molecular flexibility index (Phi) is 4.75. The van der Waals surface area contributed by atoms with Crippen molar-refractivity contribution in [3.05, 3.63) is 107 Å². The van der Waals surface area contributed by atoms with Crippen molar-refractivity contribution in [2.75, 3.05) is 4.90 Å². The van der Waals surface area contributed by atoms with Crippen LogP contribution in [0.3, 0.4) is 0 Å². The number of carbonyl (C=O) groups is 2. The fourth-order valence-corrected chi connectivity index (χ4v) is 4.02. The van der Waals surface area contributed by atoms with Gasteiger partial charge < -0.3 is 9.52 Å². The van der Waals surface area contributed by atoms with E-state index in [0.717, 1.165) is 6.07 Å². The second-order valence-electron chi connectivity index (χ2n) is 7.23. The van der Waals surface area contributed by atoms with Gasteiger partial charge in [-0.25, -0.2) is 4.39 Å². The third kappa shape index (κ3) is 3.23. The van der Waals surface area contributed by atoms with Crippen molar-refractivity contribution >= 4 is 39.9 Å². The smallest absolute Gasteiger partial charge is 0.294 e. The molecule has 1 aliphatic heterocycles. The monoisotopic (exact) mass is 448 g/mol. The van der Waals surface area contributed by atoms with Gasteiger partial charge in [-0.05, 0) is 54.1 Å². The number of ketones is 1. The van der Waals surface area contributed by atoms with Crippen molar-refractivity contribution in [3.63, 3.8) is 0 Å². The van der Waals surface area contributed by atoms with Gasteiger partial charge in [0, 0.05) is 28.5 Å². The maximum Gasteiger partial charge on any atom is 0.294 e. The van der Waals surface area contributed by atoms with Crippen molar-refractivity contribution in [2.45, 2.75) is 6.04 Å². The standard InChI is InChI=1S/C24H14ClFN2O4/c25-15-6-7-18-14(9-15)10-19(32-18)22(29)20-21(13-3-2-8-27-12-13)28(24(31)23(20)30)17-5-1-4-16(26)11-17/h1-12,21,30H. The minimum absolute atomic E-state index is 0.0633. The summed E-state index contributed by atoms with van der Waals surface area (Å²) in [6.07, 6.45) is 3.02. The van der Waals surface area contributed by atoms with Crippen LogP contribution < -0.4 is 4.90 Å². The topological polar surface area (TPSA) is 83.6 Å². The van der Waals surface area contributed by atoms with Gasteiger partial charge in [-0.2, -0.15) is 0 Å². The summed E-state index contributed by atoms with van der Waals surface area (Å²) in [6, 6.07) is 14.0. The Balaban J connectivity index is 1.66. The molecular formula is C24H14ClFN2O4. The van der Waals surface area contributed by atoms with Crippen LogP contribution in [0.5, 0.6) is 0 Å². The van der Waals surface area contributed by atoms with Gasteiger partial charge in [0.2, 0.25) is 5.78 Å². The molecule has 2 aromatic carbocycles. The second-order valence-corrected chi connectivity index (χ2v) is 7.66. The summed E-state index contributed by atoms with van der Waals surface area (Å²) in [5.41, 5.74) is 0.908. The van der Waals surface area contributed by atoms with E-state index in [1.165, 1.54) is 35.4 Å². The maximum atomic E-state index is 13.9. The van der Waals surface area contributed by atoms with Gasteiger partial charge in [0.1, 0.15) is 11.4 Å². The highest BCUT2D eigenvalue weighted by Crippen LogP contribution is 2.42. The molecule has 0 bridgehead atoms. The number of rotatable bonds is 4. The van der Waals surface area contributed by atoms with Crippen LogP contribution in [0.2, 0.25) is 5.02 Å². The van der Waals surface area contributed by atoms with Crippen LogP contribution in [0.4, 0.5) is 10.1 Å². The number of aliphatic hydroxyl groups excluding tert-OH is 1. The molecule has 4 aromatic rings. The molecule has 8 heteroatoms. The average molecular weight is 449 g/mol. The molecule has 0 radical (unpaired) electrons. The number of anilines is 1. The van der Waals surface area contributed by atoms with E-state index < -0.39 is 29.3 Å². The molecule has 0 aliphatic carbocycles. The lowest BCUT2D eigenvalue weighted by molar-refractivity contribution is -0.117. The molecule has 1 amide bonds. The van der Waals surface area contributed by atoms with Crippen LogP contribution in [0.25, 0.3) is 11.0 Å². The Bertz CT molecular complexity index is 1410. The Hall–Kier alpha value is -3.97. The predicted molar refractivity (Wildman–Crippen MR) is 116 cm³/mol. The Morgan fingerprint density at radius 1 is 1.12 bits per heavy atom. The van der Waals surface area contributed by atoms with Crippen molar-refractivity contribution < 1.29 is 23.5 Å². The molecule has 6 nitrogen and oxygen atoms in total. The third-order valence-corrected chi connectivity index (χ3v) is 5.48. The van der Waals surface area contributed by atoms with Crippen LogP contribution in [-0.2, 0) is 4.79 Å². The van der Waals surface area contributed by atoms with Crippen LogP contribution in [0, 0.1) is 5.82 Å². The normalized spacial score (nSPS) is 16.2. The van der Waals surface area contributed by atoms with Crippen molar-refractivity contribution in [3.8, 4) is 0 Å². The summed E-state index contributed by atoms with van der Waals surface area (Å²) in [4.78, 5) is 31.7. The number of aliphatic hydroxyl groups is 1. The van der Waals surface area contributed by atoms with Gasteiger partial charge in [0.25, 0.3) is 5.91 Å². The molecule has 158 valence electrons. The molecule has 0 saturated carbocycles. The molecule has 5 rings (SSSR count). The van der Waals surface area contributed by atoms with Crippen LogP contribution in [0.1, 0.15) is 22.2 Å². The number of carbonyl (C=O) groups excluding carboxylic acids is 2. The first-order valence-electron chi connectivity index (χ1n) is 9.60. The lowest BCUT2D eigenvalue weighted by Crippen LogP contribution is -2.31. The molecule has 0 fully saturated rings. The molecule has 0 saturated heterocycles. The van der Waals surface area contributed by atoms with Crippen LogP contribution >= 0.6 is 11.6 Å². The number of pyridine rings is 1. The van der Waals surface area contributed by atoms with E-state index in [0.29, 0.717) is 21.6 Å². The summed E-state index contributed by atoms with van der Waals surface area (Å²) < 4.78 is 19.6. The molecule has 1 atom stereocenters. The number of furan rings is 1. The molecule has 1 N–H and O–H groups in total. The molecule has 1 unspecified atom stereocenters. The molecule has 1 aliphatic rings. The fraction of sp³-hybridized carbons (Fsp3) is 0.0417. The van der Waals surface area contributed by atoms with Crippen LogP contribution in [0.15, 0.2) is 88.8 Å². The highest BCUT2D eigenvalue weighted by molar-refractivity contribution is 6.31. The number of halogens is 2. The molecule has 3 heterocycles. The summed E-state index contributed by atoms with van der Waals surface area (Å²) >= 11 is 6.02. The fourth-order valence-electron chi connectivity index (χ4n) is 3.84. The van der Waals surface area contributed by atoms with Gasteiger partial charge in [0.05, 0.1) is 11.6 Å². The predicted octanol–water partition coefficient (Wildman–Crippen LogP) is 5.40. The van der Waals surface area contributed by atoms with Gasteiger partial charge >= 0.3 is 0 Å². The number of aromatic nitrogens is 1. The number of amides is 1. The van der Waals surface area contributed by atoms with Gasteiger partial charge in [-0.3, -0.25) is 19.5 Å². The molecule has 32 heavy (non-hydrogen) atoms. The highest BCUT2D eigenvalue weighted by Gasteiger charge is 2.45. The highest BCUT2D eigenvalue weighted by atomic mass is 35.5. The summed E-state index contributed by atoms with van der Waals surface area (Å²) in [5, 5.41) is 11.8. The van der Waals surface area contributed by atoms with E-state index >= 15 is 0 Å². The zero-order valence-electron chi connectivity index (χ0n) is 16.3. The molecular weight excluding hydrogens is 435 g/mol. The first-order chi connectivity index (χ1) is 15.4. The van der Waals surface area contributed by atoms with Crippen LogP contribution in [-0.4, -0.2) is 21.8 Å². The molecule has 2 aromatic heterocycles. The van der Waals surface area contributed by atoms with Crippen molar-refractivity contribution in [2.24, 2.45) is 0 Å².